The summed E-state index contributed by atoms with van der Waals surface area (Å²) in [5, 5.41) is 15.6. The van der Waals surface area contributed by atoms with Crippen molar-refractivity contribution in [3.8, 4) is 0 Å². The molecule has 3 rings (SSSR count). The van der Waals surface area contributed by atoms with Gasteiger partial charge in [-0.15, -0.1) is 5.10 Å². The lowest BCUT2D eigenvalue weighted by Crippen LogP contribution is -2.30. The Morgan fingerprint density at radius 1 is 1.29 bits per heavy atom. The molecule has 1 aliphatic rings. The van der Waals surface area contributed by atoms with Crippen LogP contribution < -0.4 is 5.32 Å². The van der Waals surface area contributed by atoms with Crippen molar-refractivity contribution in [3.05, 3.63) is 35.9 Å². The van der Waals surface area contributed by atoms with Gasteiger partial charge in [0.2, 0.25) is 11.1 Å². The topological polar surface area (TPSA) is 72.7 Å². The predicted molar refractivity (Wildman–Crippen MR) is 93.5 cm³/mol. The van der Waals surface area contributed by atoms with Crippen LogP contribution in [0.2, 0.25) is 0 Å². The number of nitrogens with zero attached hydrogens (tertiary/aromatic N) is 4. The summed E-state index contributed by atoms with van der Waals surface area (Å²) >= 11 is 1.43. The number of hydrogen-bond donors (Lipinski definition) is 1. The number of aromatic nitrogens is 4. The van der Waals surface area contributed by atoms with Crippen LogP contribution in [0.4, 0.5) is 0 Å². The van der Waals surface area contributed by atoms with Crippen molar-refractivity contribution in [1.29, 1.82) is 0 Å². The Kier molecular flexibility index (Phi) is 5.85. The van der Waals surface area contributed by atoms with Crippen LogP contribution in [0.1, 0.15) is 50.6 Å². The van der Waals surface area contributed by atoms with Gasteiger partial charge in [0.15, 0.2) is 0 Å². The van der Waals surface area contributed by atoms with Gasteiger partial charge in [0.25, 0.3) is 0 Å². The highest BCUT2D eigenvalue weighted by Crippen LogP contribution is 2.31. The third-order valence-electron chi connectivity index (χ3n) is 4.34. The van der Waals surface area contributed by atoms with Crippen LogP contribution in [0.15, 0.2) is 35.5 Å². The summed E-state index contributed by atoms with van der Waals surface area (Å²) < 4.78 is 1.91. The maximum Gasteiger partial charge on any atom is 0.233 e. The minimum atomic E-state index is -0.234. The summed E-state index contributed by atoms with van der Waals surface area (Å²) in [5.41, 5.74) is 1.09. The van der Waals surface area contributed by atoms with Crippen molar-refractivity contribution in [2.24, 2.45) is 0 Å². The molecule has 0 saturated heterocycles. The lowest BCUT2D eigenvalue weighted by Gasteiger charge is -2.22. The molecular formula is C17H23N5OS. The highest BCUT2D eigenvalue weighted by molar-refractivity contribution is 8.00. The van der Waals surface area contributed by atoms with E-state index in [-0.39, 0.29) is 11.2 Å². The van der Waals surface area contributed by atoms with Crippen molar-refractivity contribution in [2.45, 2.75) is 62.0 Å². The maximum atomic E-state index is 12.3. The van der Waals surface area contributed by atoms with Crippen LogP contribution in [0.25, 0.3) is 0 Å². The molecular weight excluding hydrogens is 322 g/mol. The summed E-state index contributed by atoms with van der Waals surface area (Å²) in [5.74, 6) is 0.00190. The molecule has 1 amide bonds. The van der Waals surface area contributed by atoms with Gasteiger partial charge in [-0.3, -0.25) is 4.79 Å². The number of hydrogen-bond acceptors (Lipinski definition) is 5. The van der Waals surface area contributed by atoms with Crippen LogP contribution in [0, 0.1) is 0 Å². The van der Waals surface area contributed by atoms with E-state index in [1.807, 2.05) is 41.9 Å². The normalized spacial score (nSPS) is 16.7. The summed E-state index contributed by atoms with van der Waals surface area (Å²) in [6.45, 7) is 2.43. The van der Waals surface area contributed by atoms with Crippen LogP contribution in [-0.4, -0.2) is 31.4 Å². The fourth-order valence-corrected chi connectivity index (χ4v) is 3.84. The van der Waals surface area contributed by atoms with Crippen LogP contribution in [0.3, 0.4) is 0 Å². The van der Waals surface area contributed by atoms with Gasteiger partial charge in [-0.2, -0.15) is 0 Å². The quantitative estimate of drug-likeness (QED) is 0.815. The molecule has 6 nitrogen and oxygen atoms in total. The van der Waals surface area contributed by atoms with E-state index >= 15 is 0 Å². The van der Waals surface area contributed by atoms with Gasteiger partial charge in [0, 0.05) is 6.54 Å². The van der Waals surface area contributed by atoms with E-state index in [0.717, 1.165) is 23.6 Å². The van der Waals surface area contributed by atoms with Gasteiger partial charge in [0.1, 0.15) is 0 Å². The molecule has 1 aromatic heterocycles. The molecule has 128 valence electrons. The van der Waals surface area contributed by atoms with Gasteiger partial charge in [-0.25, -0.2) is 4.68 Å². The third-order valence-corrected chi connectivity index (χ3v) is 5.39. The van der Waals surface area contributed by atoms with E-state index in [2.05, 4.69) is 20.8 Å². The number of carbonyl (C=O) groups is 1. The monoisotopic (exact) mass is 345 g/mol. The number of nitrogens with one attached hydrogen (secondary N) is 1. The van der Waals surface area contributed by atoms with Crippen molar-refractivity contribution in [3.63, 3.8) is 0 Å². The Morgan fingerprint density at radius 3 is 2.79 bits per heavy atom. The van der Waals surface area contributed by atoms with E-state index in [0.29, 0.717) is 12.6 Å². The lowest BCUT2D eigenvalue weighted by molar-refractivity contribution is -0.120. The van der Waals surface area contributed by atoms with Gasteiger partial charge < -0.3 is 5.32 Å². The number of thioether (sulfide) groups is 1. The SMILES string of the molecule is CC(Sc1nnnn1C1CCCCC1)C(=O)NCc1ccccc1. The highest BCUT2D eigenvalue weighted by Gasteiger charge is 2.23. The van der Waals surface area contributed by atoms with Gasteiger partial charge in [-0.1, -0.05) is 61.4 Å². The minimum Gasteiger partial charge on any atom is -0.351 e. The Balaban J connectivity index is 1.55. The van der Waals surface area contributed by atoms with E-state index in [1.165, 1.54) is 31.0 Å². The Morgan fingerprint density at radius 2 is 2.04 bits per heavy atom. The van der Waals surface area contributed by atoms with Gasteiger partial charge >= 0.3 is 0 Å². The molecule has 24 heavy (non-hydrogen) atoms. The fourth-order valence-electron chi connectivity index (χ4n) is 2.96. The first-order valence-corrected chi connectivity index (χ1v) is 9.38. The molecule has 1 saturated carbocycles. The molecule has 0 bridgehead atoms. The fraction of sp³-hybridized carbons (Fsp3) is 0.529. The summed E-state index contributed by atoms with van der Waals surface area (Å²) in [4.78, 5) is 12.3. The van der Waals surface area contributed by atoms with E-state index in [1.54, 1.807) is 0 Å². The molecule has 0 radical (unpaired) electrons. The standard InChI is InChI=1S/C17H23N5OS/c1-13(16(23)18-12-14-8-4-2-5-9-14)24-17-19-20-21-22(17)15-10-6-3-7-11-15/h2,4-5,8-9,13,15H,3,6-7,10-12H2,1H3,(H,18,23). The Labute approximate surface area is 146 Å². The van der Waals surface area contributed by atoms with Crippen LogP contribution in [-0.2, 0) is 11.3 Å². The molecule has 1 aliphatic carbocycles. The van der Waals surface area contributed by atoms with Gasteiger partial charge in [0.05, 0.1) is 11.3 Å². The van der Waals surface area contributed by atoms with E-state index < -0.39 is 0 Å². The molecule has 1 atom stereocenters. The highest BCUT2D eigenvalue weighted by atomic mass is 32.2. The maximum absolute atomic E-state index is 12.3. The molecule has 2 aromatic rings. The average molecular weight is 345 g/mol. The molecule has 0 spiro atoms. The van der Waals surface area contributed by atoms with Crippen LogP contribution in [0.5, 0.6) is 0 Å². The second kappa shape index (κ2) is 8.28. The Bertz CT molecular complexity index is 654. The summed E-state index contributed by atoms with van der Waals surface area (Å²) in [7, 11) is 0. The Hall–Kier alpha value is -1.89. The average Bonchev–Trinajstić information content (AvgIpc) is 3.09. The van der Waals surface area contributed by atoms with E-state index in [4.69, 9.17) is 0 Å². The summed E-state index contributed by atoms with van der Waals surface area (Å²) in [6, 6.07) is 10.3. The molecule has 1 fully saturated rings. The smallest absolute Gasteiger partial charge is 0.233 e. The molecule has 7 heteroatoms. The summed E-state index contributed by atoms with van der Waals surface area (Å²) in [6.07, 6.45) is 5.98. The lowest BCUT2D eigenvalue weighted by atomic mass is 9.96. The number of benzene rings is 1. The van der Waals surface area contributed by atoms with Crippen molar-refractivity contribution in [1.82, 2.24) is 25.5 Å². The first kappa shape index (κ1) is 17.0. The van der Waals surface area contributed by atoms with Crippen molar-refractivity contribution in [2.75, 3.05) is 0 Å². The molecule has 1 unspecified atom stereocenters. The molecule has 1 N–H and O–H groups in total. The zero-order valence-corrected chi connectivity index (χ0v) is 14.7. The molecule has 1 aromatic carbocycles. The zero-order valence-electron chi connectivity index (χ0n) is 13.9. The number of rotatable bonds is 6. The second-order valence-corrected chi connectivity index (χ2v) is 7.47. The van der Waals surface area contributed by atoms with Crippen molar-refractivity contribution >= 4 is 17.7 Å². The van der Waals surface area contributed by atoms with E-state index in [9.17, 15) is 4.79 Å². The first-order chi connectivity index (χ1) is 11.7. The van der Waals surface area contributed by atoms with Crippen molar-refractivity contribution < 1.29 is 4.79 Å². The minimum absolute atomic E-state index is 0.00190. The third kappa shape index (κ3) is 4.35. The van der Waals surface area contributed by atoms with Crippen LogP contribution >= 0.6 is 11.8 Å². The number of amides is 1. The van der Waals surface area contributed by atoms with Gasteiger partial charge in [-0.05, 0) is 35.8 Å². The number of carbonyl (C=O) groups excluding carboxylic acids is 1. The molecule has 0 aliphatic heterocycles. The predicted octanol–water partition coefficient (Wildman–Crippen LogP) is 2.98. The first-order valence-electron chi connectivity index (χ1n) is 8.50. The second-order valence-electron chi connectivity index (χ2n) is 6.16. The number of tetrazole rings is 1. The zero-order chi connectivity index (χ0) is 16.8. The molecule has 1 heterocycles. The largest absolute Gasteiger partial charge is 0.351 e.